The average Bonchev–Trinajstić information content (AvgIpc) is 1.86. The summed E-state index contributed by atoms with van der Waals surface area (Å²) in [5, 5.41) is 3.15. The van der Waals surface area contributed by atoms with E-state index in [9.17, 15) is 4.21 Å². The summed E-state index contributed by atoms with van der Waals surface area (Å²) in [4.78, 5) is 0. The Bertz CT molecular complexity index is 180. The molecular formula is C8H15NOS. The summed E-state index contributed by atoms with van der Waals surface area (Å²) in [7, 11) is -0.712. The van der Waals surface area contributed by atoms with Gasteiger partial charge in [-0.25, -0.2) is 0 Å². The fourth-order valence-corrected chi connectivity index (χ4v) is 1.55. The van der Waals surface area contributed by atoms with Crippen LogP contribution in [0.25, 0.3) is 0 Å². The van der Waals surface area contributed by atoms with Gasteiger partial charge < -0.3 is 5.32 Å². The van der Waals surface area contributed by atoms with Gasteiger partial charge in [0, 0.05) is 28.9 Å². The summed E-state index contributed by atoms with van der Waals surface area (Å²) < 4.78 is 10.7. The normalized spacial score (nSPS) is 14.8. The van der Waals surface area contributed by atoms with Crippen LogP contribution in [0.4, 0.5) is 0 Å². The van der Waals surface area contributed by atoms with Crippen molar-refractivity contribution >= 4 is 10.8 Å². The lowest BCUT2D eigenvalue weighted by atomic mass is 10.4. The maximum atomic E-state index is 10.7. The molecule has 1 N–H and O–H groups in total. The third-order valence-corrected chi connectivity index (χ3v) is 2.17. The van der Waals surface area contributed by atoms with Gasteiger partial charge in [-0.3, -0.25) is 4.21 Å². The first-order valence-corrected chi connectivity index (χ1v) is 5.32. The summed E-state index contributed by atoms with van der Waals surface area (Å²) in [6.45, 7) is 4.51. The van der Waals surface area contributed by atoms with E-state index in [0.29, 0.717) is 18.3 Å². The lowest BCUT2D eigenvalue weighted by molar-refractivity contribution is 0.629. The summed E-state index contributed by atoms with van der Waals surface area (Å²) in [6.07, 6.45) is 1.71. The molecule has 0 saturated carbocycles. The average molecular weight is 173 g/mol. The highest BCUT2D eigenvalue weighted by atomic mass is 32.2. The minimum atomic E-state index is -0.712. The molecule has 0 aromatic carbocycles. The predicted molar refractivity (Wildman–Crippen MR) is 49.8 cm³/mol. The topological polar surface area (TPSA) is 29.1 Å². The molecule has 0 rings (SSSR count). The van der Waals surface area contributed by atoms with E-state index < -0.39 is 10.8 Å². The molecule has 2 atom stereocenters. The van der Waals surface area contributed by atoms with Gasteiger partial charge in [-0.15, -0.1) is 5.92 Å². The Hall–Kier alpha value is -0.330. The van der Waals surface area contributed by atoms with Crippen LogP contribution in [0.2, 0.25) is 0 Å². The first kappa shape index (κ1) is 10.7. The van der Waals surface area contributed by atoms with Crippen LogP contribution in [0.3, 0.4) is 0 Å². The Labute approximate surface area is 71.2 Å². The third-order valence-electron chi connectivity index (χ3n) is 1.20. The molecular weight excluding hydrogens is 158 g/mol. The number of nitrogens with one attached hydrogen (secondary N) is 1. The van der Waals surface area contributed by atoms with Gasteiger partial charge in [-0.1, -0.05) is 5.92 Å². The van der Waals surface area contributed by atoms with Crippen molar-refractivity contribution in [2.75, 3.05) is 18.6 Å². The summed E-state index contributed by atoms with van der Waals surface area (Å²) in [6, 6.07) is 0.293. The second-order valence-electron chi connectivity index (χ2n) is 2.45. The van der Waals surface area contributed by atoms with Crippen molar-refractivity contribution in [1.29, 1.82) is 0 Å². The summed E-state index contributed by atoms with van der Waals surface area (Å²) in [5.74, 6) is 6.38. The number of hydrogen-bond donors (Lipinski definition) is 1. The van der Waals surface area contributed by atoms with Gasteiger partial charge in [0.05, 0.1) is 6.54 Å². The van der Waals surface area contributed by atoms with Gasteiger partial charge in [0.2, 0.25) is 0 Å². The van der Waals surface area contributed by atoms with Gasteiger partial charge in [0.1, 0.15) is 0 Å². The van der Waals surface area contributed by atoms with Crippen molar-refractivity contribution in [3.63, 3.8) is 0 Å². The standard InChI is InChI=1S/C8H15NOS/c1-4-5-6-9-8(2)7-11(3)10/h8-9H,6-7H2,1-3H3. The zero-order chi connectivity index (χ0) is 8.69. The highest BCUT2D eigenvalue weighted by Gasteiger charge is 2.00. The van der Waals surface area contributed by atoms with Crippen LogP contribution in [-0.2, 0) is 10.8 Å². The maximum absolute atomic E-state index is 10.7. The summed E-state index contributed by atoms with van der Waals surface area (Å²) in [5.41, 5.74) is 0. The fraction of sp³-hybridized carbons (Fsp3) is 0.750. The molecule has 0 saturated heterocycles. The number of hydrogen-bond acceptors (Lipinski definition) is 2. The highest BCUT2D eigenvalue weighted by molar-refractivity contribution is 7.84. The van der Waals surface area contributed by atoms with E-state index in [0.717, 1.165) is 0 Å². The van der Waals surface area contributed by atoms with Crippen molar-refractivity contribution < 1.29 is 4.21 Å². The smallest absolute Gasteiger partial charge is 0.0578 e. The van der Waals surface area contributed by atoms with E-state index in [-0.39, 0.29) is 0 Å². The molecule has 3 heteroatoms. The Morgan fingerprint density at radius 3 is 2.73 bits per heavy atom. The minimum absolute atomic E-state index is 0.293. The largest absolute Gasteiger partial charge is 0.303 e. The van der Waals surface area contributed by atoms with Crippen molar-refractivity contribution in [2.24, 2.45) is 0 Å². The molecule has 0 aliphatic rings. The van der Waals surface area contributed by atoms with Gasteiger partial charge in [-0.2, -0.15) is 0 Å². The molecule has 2 unspecified atom stereocenters. The van der Waals surface area contributed by atoms with Crippen LogP contribution < -0.4 is 5.32 Å². The maximum Gasteiger partial charge on any atom is 0.0578 e. The van der Waals surface area contributed by atoms with Crippen molar-refractivity contribution in [1.82, 2.24) is 5.32 Å². The molecule has 64 valence electrons. The quantitative estimate of drug-likeness (QED) is 0.622. The fourth-order valence-electron chi connectivity index (χ4n) is 0.725. The minimum Gasteiger partial charge on any atom is -0.303 e. The molecule has 0 aromatic rings. The van der Waals surface area contributed by atoms with E-state index in [1.54, 1.807) is 6.26 Å². The van der Waals surface area contributed by atoms with Gasteiger partial charge >= 0.3 is 0 Å². The van der Waals surface area contributed by atoms with Gasteiger partial charge in [0.25, 0.3) is 0 Å². The SMILES string of the molecule is CC#CCNC(C)CS(C)=O. The molecule has 11 heavy (non-hydrogen) atoms. The van der Waals surface area contributed by atoms with E-state index in [1.807, 2.05) is 13.8 Å². The Balaban J connectivity index is 3.41. The molecule has 0 heterocycles. The number of rotatable bonds is 4. The van der Waals surface area contributed by atoms with Crippen LogP contribution in [0.15, 0.2) is 0 Å². The third kappa shape index (κ3) is 7.57. The van der Waals surface area contributed by atoms with Crippen LogP contribution in [0.1, 0.15) is 13.8 Å². The van der Waals surface area contributed by atoms with E-state index in [4.69, 9.17) is 0 Å². The van der Waals surface area contributed by atoms with Crippen molar-refractivity contribution in [3.05, 3.63) is 0 Å². The van der Waals surface area contributed by atoms with Gasteiger partial charge in [0.15, 0.2) is 0 Å². The Kier molecular flexibility index (Phi) is 6.19. The Morgan fingerprint density at radius 1 is 1.64 bits per heavy atom. The van der Waals surface area contributed by atoms with Crippen molar-refractivity contribution in [2.45, 2.75) is 19.9 Å². The molecule has 0 bridgehead atoms. The highest BCUT2D eigenvalue weighted by Crippen LogP contribution is 1.83. The lowest BCUT2D eigenvalue weighted by Gasteiger charge is -2.08. The molecule has 0 radical (unpaired) electrons. The molecule has 0 aromatic heterocycles. The molecule has 0 spiro atoms. The molecule has 0 aliphatic carbocycles. The van der Waals surface area contributed by atoms with Crippen LogP contribution >= 0.6 is 0 Å². The molecule has 0 fully saturated rings. The van der Waals surface area contributed by atoms with E-state index >= 15 is 0 Å². The molecule has 0 amide bonds. The zero-order valence-electron chi connectivity index (χ0n) is 7.31. The second kappa shape index (κ2) is 6.38. The van der Waals surface area contributed by atoms with Gasteiger partial charge in [-0.05, 0) is 13.8 Å². The monoisotopic (exact) mass is 173 g/mol. The van der Waals surface area contributed by atoms with E-state index in [2.05, 4.69) is 17.2 Å². The first-order valence-electron chi connectivity index (χ1n) is 3.59. The Morgan fingerprint density at radius 2 is 2.27 bits per heavy atom. The van der Waals surface area contributed by atoms with Crippen LogP contribution in [0, 0.1) is 11.8 Å². The van der Waals surface area contributed by atoms with Crippen LogP contribution in [0.5, 0.6) is 0 Å². The molecule has 0 aliphatic heterocycles. The zero-order valence-corrected chi connectivity index (χ0v) is 8.12. The summed E-state index contributed by atoms with van der Waals surface area (Å²) >= 11 is 0. The first-order chi connectivity index (χ1) is 5.16. The molecule has 2 nitrogen and oxygen atoms in total. The van der Waals surface area contributed by atoms with Crippen molar-refractivity contribution in [3.8, 4) is 11.8 Å². The second-order valence-corrected chi connectivity index (χ2v) is 3.93. The van der Waals surface area contributed by atoms with E-state index in [1.165, 1.54) is 0 Å². The predicted octanol–water partition coefficient (Wildman–Crippen LogP) is 0.366. The lowest BCUT2D eigenvalue weighted by Crippen LogP contribution is -2.31. The van der Waals surface area contributed by atoms with Crippen LogP contribution in [-0.4, -0.2) is 28.8 Å².